The van der Waals surface area contributed by atoms with Crippen LogP contribution in [0.1, 0.15) is 11.1 Å². The zero-order chi connectivity index (χ0) is 20.0. The lowest BCUT2D eigenvalue weighted by Gasteiger charge is -2.38. The fourth-order valence-electron chi connectivity index (χ4n) is 2.87. The molecule has 0 spiro atoms. The van der Waals surface area contributed by atoms with Crippen LogP contribution >= 0.6 is 10.3 Å². The van der Waals surface area contributed by atoms with Gasteiger partial charge in [-0.25, -0.2) is 0 Å². The highest BCUT2D eigenvalue weighted by Crippen LogP contribution is 2.63. The van der Waals surface area contributed by atoms with E-state index in [1.165, 1.54) is 12.1 Å². The highest BCUT2D eigenvalue weighted by Gasteiger charge is 2.34. The van der Waals surface area contributed by atoms with E-state index in [2.05, 4.69) is 4.18 Å². The van der Waals surface area contributed by atoms with Crippen LogP contribution in [0.15, 0.2) is 89.8 Å². The Kier molecular flexibility index (Phi) is 6.41. The Balaban J connectivity index is 2.15. The Hall–Kier alpha value is -2.32. The molecule has 0 bridgehead atoms. The second kappa shape index (κ2) is 8.79. The van der Waals surface area contributed by atoms with Crippen LogP contribution in [0, 0.1) is 0 Å². The van der Waals surface area contributed by atoms with Gasteiger partial charge in [0.15, 0.2) is 0 Å². The van der Waals surface area contributed by atoms with E-state index in [4.69, 9.17) is 3.63 Å². The highest BCUT2D eigenvalue weighted by molar-refractivity contribution is 8.31. The largest absolute Gasteiger partial charge is 0.508 e. The maximum absolute atomic E-state index is 12.4. The summed E-state index contributed by atoms with van der Waals surface area (Å²) in [4.78, 5) is 0.707. The van der Waals surface area contributed by atoms with Crippen molar-refractivity contribution in [2.24, 2.45) is 0 Å². The average molecular weight is 419 g/mol. The second-order valence-electron chi connectivity index (χ2n) is 6.21. The summed E-state index contributed by atoms with van der Waals surface area (Å²) < 4.78 is 35.1. The molecule has 3 aromatic rings. The number of benzene rings is 3. The van der Waals surface area contributed by atoms with Crippen molar-refractivity contribution in [3.05, 3.63) is 96.1 Å². The summed E-state index contributed by atoms with van der Waals surface area (Å²) in [5.74, 6) is 0.873. The number of aromatic hydroxyl groups is 1. The summed E-state index contributed by atoms with van der Waals surface area (Å²) in [5, 5.41) is 9.71. The van der Waals surface area contributed by atoms with Crippen molar-refractivity contribution in [1.29, 1.82) is 0 Å². The molecule has 0 atom stereocenters. The van der Waals surface area contributed by atoms with Gasteiger partial charge in [-0.1, -0.05) is 71.0 Å². The van der Waals surface area contributed by atoms with E-state index in [1.54, 1.807) is 12.1 Å². The van der Waals surface area contributed by atoms with E-state index >= 15 is 0 Å². The Morgan fingerprint density at radius 2 is 1.21 bits per heavy atom. The summed E-state index contributed by atoms with van der Waals surface area (Å²) in [7, 11) is -5.51. The molecule has 28 heavy (non-hydrogen) atoms. The van der Waals surface area contributed by atoms with Crippen molar-refractivity contribution < 1.29 is 21.3 Å². The van der Waals surface area contributed by atoms with E-state index in [9.17, 15) is 13.5 Å². The van der Waals surface area contributed by atoms with Gasteiger partial charge < -0.3 is 5.11 Å². The Morgan fingerprint density at radius 1 is 0.750 bits per heavy atom. The van der Waals surface area contributed by atoms with Crippen LogP contribution in [-0.2, 0) is 29.7 Å². The molecule has 0 saturated carbocycles. The molecular weight excluding hydrogens is 396 g/mol. The standard InChI is InChI=1S/C21H22O5S2/c1-25-28(23,24)26-27(16-18-8-4-2-5-9-18,17-19-10-6-3-7-11-19)21-14-12-20(22)13-15-21/h2-15,22H,16-17H2,1H3. The molecule has 0 aliphatic carbocycles. The van der Waals surface area contributed by atoms with Gasteiger partial charge in [0.1, 0.15) is 5.75 Å². The maximum Gasteiger partial charge on any atom is 0.409 e. The molecule has 0 unspecified atom stereocenters. The Bertz CT molecular complexity index is 946. The molecule has 0 aliphatic heterocycles. The third-order valence-electron chi connectivity index (χ3n) is 4.17. The first-order chi connectivity index (χ1) is 13.4. The molecule has 0 saturated heterocycles. The van der Waals surface area contributed by atoms with Crippen molar-refractivity contribution in [1.82, 2.24) is 0 Å². The molecule has 0 aromatic heterocycles. The summed E-state index contributed by atoms with van der Waals surface area (Å²) in [6, 6.07) is 25.7. The quantitative estimate of drug-likeness (QED) is 0.570. The van der Waals surface area contributed by atoms with E-state index in [0.29, 0.717) is 16.4 Å². The van der Waals surface area contributed by atoms with Crippen LogP contribution in [0.25, 0.3) is 0 Å². The van der Waals surface area contributed by atoms with Crippen LogP contribution in [0.3, 0.4) is 0 Å². The van der Waals surface area contributed by atoms with Gasteiger partial charge in [0.05, 0.1) is 7.11 Å². The number of phenolic OH excluding ortho intramolecular Hbond substituents is 1. The molecule has 7 heteroatoms. The first-order valence-electron chi connectivity index (χ1n) is 8.60. The summed E-state index contributed by atoms with van der Waals surface area (Å²) in [5.41, 5.74) is 1.90. The summed E-state index contributed by atoms with van der Waals surface area (Å²) in [6.45, 7) is 0. The van der Waals surface area contributed by atoms with Crippen molar-refractivity contribution in [3.63, 3.8) is 0 Å². The molecule has 3 aromatic carbocycles. The molecule has 148 valence electrons. The minimum absolute atomic E-state index is 0.103. The maximum atomic E-state index is 12.4. The van der Waals surface area contributed by atoms with Crippen molar-refractivity contribution in [2.45, 2.75) is 16.4 Å². The normalized spacial score (nSPS) is 12.6. The highest BCUT2D eigenvalue weighted by atomic mass is 32.3. The molecule has 0 radical (unpaired) electrons. The van der Waals surface area contributed by atoms with Gasteiger partial charge in [0.2, 0.25) is 0 Å². The molecule has 0 aliphatic rings. The molecular formula is C21H22O5S2. The Labute approximate surface area is 167 Å². The molecule has 3 rings (SSSR count). The van der Waals surface area contributed by atoms with Gasteiger partial charge in [-0.2, -0.15) is 12.0 Å². The van der Waals surface area contributed by atoms with Crippen LogP contribution in [0.5, 0.6) is 5.75 Å². The molecule has 0 heterocycles. The number of phenols is 1. The smallest absolute Gasteiger partial charge is 0.409 e. The predicted octanol–water partition coefficient (Wildman–Crippen LogP) is 4.78. The van der Waals surface area contributed by atoms with Gasteiger partial charge >= 0.3 is 10.4 Å². The second-order valence-corrected chi connectivity index (χ2v) is 10.6. The lowest BCUT2D eigenvalue weighted by molar-refractivity contribution is 0.339. The van der Waals surface area contributed by atoms with E-state index < -0.39 is 20.7 Å². The van der Waals surface area contributed by atoms with Crippen molar-refractivity contribution in [2.75, 3.05) is 7.11 Å². The average Bonchev–Trinajstić information content (AvgIpc) is 2.69. The summed E-state index contributed by atoms with van der Waals surface area (Å²) in [6.07, 6.45) is 0. The monoisotopic (exact) mass is 418 g/mol. The fourth-order valence-corrected chi connectivity index (χ4v) is 7.60. The van der Waals surface area contributed by atoms with E-state index in [1.807, 2.05) is 60.7 Å². The number of hydrogen-bond acceptors (Lipinski definition) is 5. The fraction of sp³-hybridized carbons (Fsp3) is 0.143. The SMILES string of the molecule is COS(=O)(=O)OS(Cc1ccccc1)(Cc1ccccc1)c1ccc(O)cc1. The zero-order valence-electron chi connectivity index (χ0n) is 15.4. The van der Waals surface area contributed by atoms with Gasteiger partial charge in [-0.15, -0.1) is 0 Å². The minimum atomic E-state index is -4.20. The van der Waals surface area contributed by atoms with Crippen LogP contribution in [-0.4, -0.2) is 20.6 Å². The third-order valence-corrected chi connectivity index (χ3v) is 9.02. The van der Waals surface area contributed by atoms with Gasteiger partial charge in [0, 0.05) is 16.4 Å². The number of rotatable bonds is 8. The predicted molar refractivity (Wildman–Crippen MR) is 111 cm³/mol. The van der Waals surface area contributed by atoms with Crippen molar-refractivity contribution >= 4 is 20.7 Å². The molecule has 1 N–H and O–H groups in total. The van der Waals surface area contributed by atoms with Crippen LogP contribution in [0.4, 0.5) is 0 Å². The van der Waals surface area contributed by atoms with Crippen molar-refractivity contribution in [3.8, 4) is 5.75 Å². The summed E-state index contributed by atoms with van der Waals surface area (Å²) >= 11 is 0. The Morgan fingerprint density at radius 3 is 1.64 bits per heavy atom. The lowest BCUT2D eigenvalue weighted by atomic mass is 10.2. The lowest BCUT2D eigenvalue weighted by Crippen LogP contribution is -2.17. The molecule has 0 amide bonds. The van der Waals surface area contributed by atoms with Gasteiger partial charge in [-0.05, 0) is 35.4 Å². The van der Waals surface area contributed by atoms with Gasteiger partial charge in [-0.3, -0.25) is 4.18 Å². The third kappa shape index (κ3) is 5.14. The zero-order valence-corrected chi connectivity index (χ0v) is 17.0. The van der Waals surface area contributed by atoms with E-state index in [0.717, 1.165) is 18.2 Å². The van der Waals surface area contributed by atoms with E-state index in [-0.39, 0.29) is 5.75 Å². The minimum Gasteiger partial charge on any atom is -0.508 e. The first kappa shape index (κ1) is 20.4. The topological polar surface area (TPSA) is 72.8 Å². The van der Waals surface area contributed by atoms with Crippen LogP contribution < -0.4 is 0 Å². The number of hydrogen-bond donors (Lipinski definition) is 1. The molecule has 0 fully saturated rings. The first-order valence-corrected chi connectivity index (χ1v) is 11.8. The molecule has 5 nitrogen and oxygen atoms in total. The van der Waals surface area contributed by atoms with Gasteiger partial charge in [0.25, 0.3) is 0 Å². The van der Waals surface area contributed by atoms with Crippen LogP contribution in [0.2, 0.25) is 0 Å².